The van der Waals surface area contributed by atoms with Gasteiger partial charge in [-0.05, 0) is 19.9 Å². The SMILES string of the molecule is COc1nc(CC(C)=O)ccc1C. The van der Waals surface area contributed by atoms with Gasteiger partial charge in [0, 0.05) is 12.0 Å². The number of ether oxygens (including phenoxy) is 1. The first kappa shape index (κ1) is 9.71. The summed E-state index contributed by atoms with van der Waals surface area (Å²) in [7, 11) is 1.58. The summed E-state index contributed by atoms with van der Waals surface area (Å²) < 4.78 is 5.04. The Morgan fingerprint density at radius 1 is 1.54 bits per heavy atom. The quantitative estimate of drug-likeness (QED) is 0.706. The molecule has 0 N–H and O–H groups in total. The van der Waals surface area contributed by atoms with E-state index in [4.69, 9.17) is 4.74 Å². The third-order valence-electron chi connectivity index (χ3n) is 1.73. The molecule has 0 amide bonds. The summed E-state index contributed by atoms with van der Waals surface area (Å²) in [4.78, 5) is 15.0. The van der Waals surface area contributed by atoms with Crippen molar-refractivity contribution in [2.24, 2.45) is 0 Å². The van der Waals surface area contributed by atoms with Crippen molar-refractivity contribution in [1.82, 2.24) is 4.98 Å². The molecule has 0 atom stereocenters. The number of Topliss-reactive ketones (excluding diaryl/α,β-unsaturated/α-hetero) is 1. The van der Waals surface area contributed by atoms with Crippen LogP contribution in [0, 0.1) is 6.92 Å². The average Bonchev–Trinajstić information content (AvgIpc) is 2.07. The summed E-state index contributed by atoms with van der Waals surface area (Å²) in [5.41, 5.74) is 1.74. The number of hydrogen-bond donors (Lipinski definition) is 0. The fourth-order valence-electron chi connectivity index (χ4n) is 1.11. The molecule has 0 saturated carbocycles. The molecule has 1 rings (SSSR count). The van der Waals surface area contributed by atoms with Gasteiger partial charge in [0.1, 0.15) is 5.78 Å². The Bertz CT molecular complexity index is 321. The number of hydrogen-bond acceptors (Lipinski definition) is 3. The van der Waals surface area contributed by atoms with Crippen LogP contribution in [0.1, 0.15) is 18.2 Å². The molecule has 0 aliphatic rings. The molecule has 0 saturated heterocycles. The summed E-state index contributed by atoms with van der Waals surface area (Å²) in [5, 5.41) is 0. The zero-order chi connectivity index (χ0) is 9.84. The first-order chi connectivity index (χ1) is 6.13. The van der Waals surface area contributed by atoms with Gasteiger partial charge in [-0.1, -0.05) is 6.07 Å². The molecule has 0 aromatic carbocycles. The van der Waals surface area contributed by atoms with Gasteiger partial charge in [-0.2, -0.15) is 0 Å². The van der Waals surface area contributed by atoms with E-state index in [1.54, 1.807) is 14.0 Å². The van der Waals surface area contributed by atoms with Crippen LogP contribution in [0.25, 0.3) is 0 Å². The molecule has 0 aliphatic carbocycles. The second-order valence-corrected chi connectivity index (χ2v) is 3.01. The van der Waals surface area contributed by atoms with Crippen molar-refractivity contribution in [2.45, 2.75) is 20.3 Å². The van der Waals surface area contributed by atoms with Crippen LogP contribution in [0.5, 0.6) is 5.88 Å². The van der Waals surface area contributed by atoms with Gasteiger partial charge in [0.2, 0.25) is 5.88 Å². The summed E-state index contributed by atoms with van der Waals surface area (Å²) >= 11 is 0. The summed E-state index contributed by atoms with van der Waals surface area (Å²) in [5.74, 6) is 0.706. The van der Waals surface area contributed by atoms with Crippen LogP contribution < -0.4 is 4.74 Å². The van der Waals surface area contributed by atoms with Crippen molar-refractivity contribution in [3.05, 3.63) is 23.4 Å². The van der Waals surface area contributed by atoms with E-state index in [2.05, 4.69) is 4.98 Å². The monoisotopic (exact) mass is 179 g/mol. The Labute approximate surface area is 77.8 Å². The molecule has 13 heavy (non-hydrogen) atoms. The molecule has 1 heterocycles. The minimum Gasteiger partial charge on any atom is -0.481 e. The minimum atomic E-state index is 0.110. The van der Waals surface area contributed by atoms with Crippen LogP contribution in [-0.4, -0.2) is 17.9 Å². The fraction of sp³-hybridized carbons (Fsp3) is 0.400. The van der Waals surface area contributed by atoms with Crippen LogP contribution in [0.4, 0.5) is 0 Å². The smallest absolute Gasteiger partial charge is 0.216 e. The predicted molar refractivity (Wildman–Crippen MR) is 49.9 cm³/mol. The largest absolute Gasteiger partial charge is 0.481 e. The van der Waals surface area contributed by atoms with Gasteiger partial charge >= 0.3 is 0 Å². The highest BCUT2D eigenvalue weighted by atomic mass is 16.5. The van der Waals surface area contributed by atoms with E-state index in [9.17, 15) is 4.79 Å². The molecule has 70 valence electrons. The number of methoxy groups -OCH3 is 1. The van der Waals surface area contributed by atoms with Crippen LogP contribution in [0.15, 0.2) is 12.1 Å². The molecule has 1 aromatic heterocycles. The number of carbonyl (C=O) groups is 1. The zero-order valence-electron chi connectivity index (χ0n) is 8.13. The van der Waals surface area contributed by atoms with Crippen LogP contribution in [0.2, 0.25) is 0 Å². The molecule has 0 unspecified atom stereocenters. The van der Waals surface area contributed by atoms with Gasteiger partial charge in [-0.25, -0.2) is 4.98 Å². The Morgan fingerprint density at radius 2 is 2.23 bits per heavy atom. The number of pyridine rings is 1. The van der Waals surface area contributed by atoms with Crippen LogP contribution >= 0.6 is 0 Å². The molecule has 0 radical (unpaired) electrons. The maximum Gasteiger partial charge on any atom is 0.216 e. The van der Waals surface area contributed by atoms with E-state index in [0.29, 0.717) is 12.3 Å². The van der Waals surface area contributed by atoms with Gasteiger partial charge in [-0.15, -0.1) is 0 Å². The van der Waals surface area contributed by atoms with E-state index in [-0.39, 0.29) is 5.78 Å². The maximum absolute atomic E-state index is 10.8. The molecular weight excluding hydrogens is 166 g/mol. The molecule has 3 heteroatoms. The third-order valence-corrected chi connectivity index (χ3v) is 1.73. The van der Waals surface area contributed by atoms with Crippen LogP contribution in [0.3, 0.4) is 0 Å². The molecular formula is C10H13NO2. The highest BCUT2D eigenvalue weighted by Gasteiger charge is 2.03. The molecule has 1 aromatic rings. The summed E-state index contributed by atoms with van der Waals surface area (Å²) in [6.45, 7) is 3.47. The number of rotatable bonds is 3. The molecule has 3 nitrogen and oxygen atoms in total. The van der Waals surface area contributed by atoms with E-state index in [0.717, 1.165) is 11.3 Å². The highest BCUT2D eigenvalue weighted by molar-refractivity contribution is 5.77. The molecule has 0 aliphatic heterocycles. The Kier molecular flexibility index (Phi) is 3.01. The van der Waals surface area contributed by atoms with E-state index in [1.807, 2.05) is 19.1 Å². The lowest BCUT2D eigenvalue weighted by Gasteiger charge is -2.04. The van der Waals surface area contributed by atoms with Gasteiger partial charge in [-0.3, -0.25) is 4.79 Å². The second-order valence-electron chi connectivity index (χ2n) is 3.01. The zero-order valence-corrected chi connectivity index (χ0v) is 8.13. The minimum absolute atomic E-state index is 0.110. The Morgan fingerprint density at radius 3 is 2.77 bits per heavy atom. The fourth-order valence-corrected chi connectivity index (χ4v) is 1.11. The normalized spacial score (nSPS) is 9.77. The first-order valence-electron chi connectivity index (χ1n) is 4.13. The Balaban J connectivity index is 2.92. The number of carbonyl (C=O) groups excluding carboxylic acids is 1. The molecule has 0 spiro atoms. The van der Waals surface area contributed by atoms with E-state index < -0.39 is 0 Å². The lowest BCUT2D eigenvalue weighted by atomic mass is 10.2. The number of aryl methyl sites for hydroxylation is 1. The van der Waals surface area contributed by atoms with Gasteiger partial charge < -0.3 is 4.74 Å². The summed E-state index contributed by atoms with van der Waals surface area (Å²) in [6, 6.07) is 3.75. The number of ketones is 1. The molecule has 0 bridgehead atoms. The van der Waals surface area contributed by atoms with Crippen molar-refractivity contribution < 1.29 is 9.53 Å². The number of nitrogens with zero attached hydrogens (tertiary/aromatic N) is 1. The molecule has 0 fully saturated rings. The third kappa shape index (κ3) is 2.54. The lowest BCUT2D eigenvalue weighted by molar-refractivity contribution is -0.116. The second kappa shape index (κ2) is 4.03. The number of aromatic nitrogens is 1. The van der Waals surface area contributed by atoms with Gasteiger partial charge in [0.05, 0.1) is 12.8 Å². The predicted octanol–water partition coefficient (Wildman–Crippen LogP) is 1.53. The van der Waals surface area contributed by atoms with Gasteiger partial charge in [0.15, 0.2) is 0 Å². The lowest BCUT2D eigenvalue weighted by Crippen LogP contribution is -2.01. The van der Waals surface area contributed by atoms with E-state index in [1.165, 1.54) is 0 Å². The highest BCUT2D eigenvalue weighted by Crippen LogP contribution is 2.14. The standard InChI is InChI=1S/C10H13NO2/c1-7-4-5-9(6-8(2)12)11-10(7)13-3/h4-5H,6H2,1-3H3. The summed E-state index contributed by atoms with van der Waals surface area (Å²) in [6.07, 6.45) is 0.372. The Hall–Kier alpha value is -1.38. The topological polar surface area (TPSA) is 39.2 Å². The van der Waals surface area contributed by atoms with Crippen molar-refractivity contribution in [2.75, 3.05) is 7.11 Å². The average molecular weight is 179 g/mol. The van der Waals surface area contributed by atoms with Crippen molar-refractivity contribution >= 4 is 5.78 Å². The first-order valence-corrected chi connectivity index (χ1v) is 4.13. The van der Waals surface area contributed by atoms with Crippen molar-refractivity contribution in [1.29, 1.82) is 0 Å². The van der Waals surface area contributed by atoms with Crippen molar-refractivity contribution in [3.63, 3.8) is 0 Å². The maximum atomic E-state index is 10.8. The van der Waals surface area contributed by atoms with Crippen molar-refractivity contribution in [3.8, 4) is 5.88 Å². The van der Waals surface area contributed by atoms with E-state index >= 15 is 0 Å². The van der Waals surface area contributed by atoms with Crippen LogP contribution in [-0.2, 0) is 11.2 Å². The van der Waals surface area contributed by atoms with Gasteiger partial charge in [0.25, 0.3) is 0 Å².